The Morgan fingerprint density at radius 2 is 2.08 bits per heavy atom. The summed E-state index contributed by atoms with van der Waals surface area (Å²) in [5.41, 5.74) is 2.24. The van der Waals surface area contributed by atoms with Gasteiger partial charge >= 0.3 is 5.97 Å². The normalized spacial score (nSPS) is 17.8. The van der Waals surface area contributed by atoms with Gasteiger partial charge in [-0.1, -0.05) is 12.5 Å². The fraction of sp³-hybridized carbons (Fsp3) is 0.700. The second kappa shape index (κ2) is 4.29. The second-order valence-corrected chi connectivity index (χ2v) is 3.13. The minimum absolute atomic E-state index is 0.119. The molecule has 0 fully saturated rings. The predicted molar refractivity (Wildman–Crippen MR) is 47.8 cm³/mol. The van der Waals surface area contributed by atoms with Gasteiger partial charge in [0.15, 0.2) is 0 Å². The van der Waals surface area contributed by atoms with Crippen LogP contribution >= 0.6 is 0 Å². The molecule has 1 aliphatic rings. The average molecular weight is 168 g/mol. The van der Waals surface area contributed by atoms with Crippen molar-refractivity contribution in [2.75, 3.05) is 7.11 Å². The van der Waals surface area contributed by atoms with Gasteiger partial charge in [0.25, 0.3) is 0 Å². The van der Waals surface area contributed by atoms with Crippen molar-refractivity contribution in [3.63, 3.8) is 0 Å². The summed E-state index contributed by atoms with van der Waals surface area (Å²) in [5.74, 6) is -0.119. The fourth-order valence-electron chi connectivity index (χ4n) is 1.73. The van der Waals surface area contributed by atoms with Crippen LogP contribution in [-0.4, -0.2) is 13.1 Å². The number of hydrogen-bond acceptors (Lipinski definition) is 2. The summed E-state index contributed by atoms with van der Waals surface area (Å²) in [6, 6.07) is 0. The van der Waals surface area contributed by atoms with Crippen LogP contribution in [0.15, 0.2) is 11.1 Å². The third-order valence-corrected chi connectivity index (χ3v) is 2.44. The molecule has 1 aliphatic carbocycles. The van der Waals surface area contributed by atoms with Gasteiger partial charge in [-0.2, -0.15) is 0 Å². The van der Waals surface area contributed by atoms with E-state index in [2.05, 4.69) is 6.92 Å². The van der Waals surface area contributed by atoms with Crippen molar-refractivity contribution in [3.05, 3.63) is 11.1 Å². The van der Waals surface area contributed by atoms with Gasteiger partial charge in [0, 0.05) is 5.57 Å². The second-order valence-electron chi connectivity index (χ2n) is 3.13. The minimum atomic E-state index is -0.119. The van der Waals surface area contributed by atoms with Crippen molar-refractivity contribution in [1.82, 2.24) is 0 Å². The monoisotopic (exact) mass is 168 g/mol. The summed E-state index contributed by atoms with van der Waals surface area (Å²) in [7, 11) is 1.46. The van der Waals surface area contributed by atoms with Crippen molar-refractivity contribution in [2.24, 2.45) is 0 Å². The van der Waals surface area contributed by atoms with E-state index < -0.39 is 0 Å². The van der Waals surface area contributed by atoms with Crippen LogP contribution in [0.25, 0.3) is 0 Å². The minimum Gasteiger partial charge on any atom is -0.466 e. The highest BCUT2D eigenvalue weighted by molar-refractivity contribution is 5.89. The maximum absolute atomic E-state index is 11.3. The van der Waals surface area contributed by atoms with Gasteiger partial charge < -0.3 is 4.74 Å². The SMILES string of the molecule is CCC1=C(C(=O)OC)CCCC1. The maximum Gasteiger partial charge on any atom is 0.333 e. The molecule has 0 saturated heterocycles. The van der Waals surface area contributed by atoms with Crippen molar-refractivity contribution < 1.29 is 9.53 Å². The van der Waals surface area contributed by atoms with E-state index in [1.807, 2.05) is 0 Å². The van der Waals surface area contributed by atoms with Crippen LogP contribution in [0.3, 0.4) is 0 Å². The zero-order valence-corrected chi connectivity index (χ0v) is 7.85. The summed E-state index contributed by atoms with van der Waals surface area (Å²) in [4.78, 5) is 11.3. The Balaban J connectivity index is 2.79. The van der Waals surface area contributed by atoms with Gasteiger partial charge in [0.1, 0.15) is 0 Å². The number of hydrogen-bond donors (Lipinski definition) is 0. The summed E-state index contributed by atoms with van der Waals surface area (Å²) in [6.45, 7) is 2.10. The van der Waals surface area contributed by atoms with Crippen molar-refractivity contribution >= 4 is 5.97 Å². The molecule has 0 aromatic rings. The van der Waals surface area contributed by atoms with E-state index in [9.17, 15) is 4.79 Å². The van der Waals surface area contributed by atoms with E-state index in [4.69, 9.17) is 4.74 Å². The number of ether oxygens (including phenoxy) is 1. The van der Waals surface area contributed by atoms with Crippen LogP contribution in [0.5, 0.6) is 0 Å². The molecule has 1 rings (SSSR count). The molecular weight excluding hydrogens is 152 g/mol. The standard InChI is InChI=1S/C10H16O2/c1-3-8-6-4-5-7-9(8)10(11)12-2/h3-7H2,1-2H3. The lowest BCUT2D eigenvalue weighted by Crippen LogP contribution is -2.11. The Morgan fingerprint density at radius 3 is 2.67 bits per heavy atom. The van der Waals surface area contributed by atoms with Gasteiger partial charge in [-0.25, -0.2) is 4.79 Å². The van der Waals surface area contributed by atoms with Gasteiger partial charge in [0.05, 0.1) is 7.11 Å². The smallest absolute Gasteiger partial charge is 0.333 e. The average Bonchev–Trinajstić information content (AvgIpc) is 2.16. The van der Waals surface area contributed by atoms with Crippen LogP contribution < -0.4 is 0 Å². The first kappa shape index (κ1) is 9.30. The van der Waals surface area contributed by atoms with Gasteiger partial charge in [-0.05, 0) is 32.1 Å². The lowest BCUT2D eigenvalue weighted by atomic mass is 9.90. The lowest BCUT2D eigenvalue weighted by molar-refractivity contribution is -0.136. The zero-order chi connectivity index (χ0) is 8.97. The third-order valence-electron chi connectivity index (χ3n) is 2.44. The molecule has 0 saturated carbocycles. The molecule has 0 heterocycles. The molecule has 0 aromatic heterocycles. The molecule has 0 radical (unpaired) electrons. The summed E-state index contributed by atoms with van der Waals surface area (Å²) >= 11 is 0. The molecule has 0 unspecified atom stereocenters. The van der Waals surface area contributed by atoms with Crippen LogP contribution in [0.1, 0.15) is 39.0 Å². The summed E-state index contributed by atoms with van der Waals surface area (Å²) in [6.07, 6.45) is 5.35. The number of methoxy groups -OCH3 is 1. The molecule has 2 nitrogen and oxygen atoms in total. The summed E-state index contributed by atoms with van der Waals surface area (Å²) in [5, 5.41) is 0. The molecule has 12 heavy (non-hydrogen) atoms. The Hall–Kier alpha value is -0.790. The first-order valence-electron chi connectivity index (χ1n) is 4.58. The highest BCUT2D eigenvalue weighted by Gasteiger charge is 2.17. The molecule has 0 spiro atoms. The molecule has 68 valence electrons. The van der Waals surface area contributed by atoms with E-state index in [1.165, 1.54) is 19.1 Å². The van der Waals surface area contributed by atoms with Crippen LogP contribution in [0, 0.1) is 0 Å². The van der Waals surface area contributed by atoms with Crippen molar-refractivity contribution in [2.45, 2.75) is 39.0 Å². The predicted octanol–water partition coefficient (Wildman–Crippen LogP) is 2.44. The van der Waals surface area contributed by atoms with Gasteiger partial charge in [-0.3, -0.25) is 0 Å². The molecule has 2 heteroatoms. The van der Waals surface area contributed by atoms with E-state index in [0.29, 0.717) is 0 Å². The molecule has 0 atom stereocenters. The van der Waals surface area contributed by atoms with E-state index in [1.54, 1.807) is 0 Å². The first-order valence-corrected chi connectivity index (χ1v) is 4.58. The van der Waals surface area contributed by atoms with E-state index >= 15 is 0 Å². The van der Waals surface area contributed by atoms with Gasteiger partial charge in [0.2, 0.25) is 0 Å². The van der Waals surface area contributed by atoms with Crippen LogP contribution in [0.4, 0.5) is 0 Å². The lowest BCUT2D eigenvalue weighted by Gasteiger charge is -2.17. The van der Waals surface area contributed by atoms with Gasteiger partial charge in [-0.15, -0.1) is 0 Å². The fourth-order valence-corrected chi connectivity index (χ4v) is 1.73. The van der Waals surface area contributed by atoms with Crippen LogP contribution in [0.2, 0.25) is 0 Å². The van der Waals surface area contributed by atoms with E-state index in [0.717, 1.165) is 31.3 Å². The topological polar surface area (TPSA) is 26.3 Å². The number of carbonyl (C=O) groups excluding carboxylic acids is 1. The highest BCUT2D eigenvalue weighted by atomic mass is 16.5. The molecule has 0 aliphatic heterocycles. The van der Waals surface area contributed by atoms with E-state index in [-0.39, 0.29) is 5.97 Å². The largest absolute Gasteiger partial charge is 0.466 e. The zero-order valence-electron chi connectivity index (χ0n) is 7.85. The molecular formula is C10H16O2. The first-order chi connectivity index (χ1) is 5.79. The molecule has 0 amide bonds. The molecule has 0 aromatic carbocycles. The number of allylic oxidation sites excluding steroid dienone is 1. The van der Waals surface area contributed by atoms with Crippen molar-refractivity contribution in [1.29, 1.82) is 0 Å². The molecule has 0 bridgehead atoms. The number of carbonyl (C=O) groups is 1. The van der Waals surface area contributed by atoms with Crippen molar-refractivity contribution in [3.8, 4) is 0 Å². The Bertz CT molecular complexity index is 204. The summed E-state index contributed by atoms with van der Waals surface area (Å²) < 4.78 is 4.72. The number of esters is 1. The maximum atomic E-state index is 11.3. The number of rotatable bonds is 2. The Labute approximate surface area is 73.6 Å². The molecule has 0 N–H and O–H groups in total. The Kier molecular flexibility index (Phi) is 3.32. The third kappa shape index (κ3) is 1.87. The Morgan fingerprint density at radius 1 is 1.42 bits per heavy atom. The highest BCUT2D eigenvalue weighted by Crippen LogP contribution is 2.27. The van der Waals surface area contributed by atoms with Crippen LogP contribution in [-0.2, 0) is 9.53 Å². The quantitative estimate of drug-likeness (QED) is 0.592.